The summed E-state index contributed by atoms with van der Waals surface area (Å²) in [6, 6.07) is 5.54. The van der Waals surface area contributed by atoms with E-state index in [9.17, 15) is 9.18 Å². The van der Waals surface area contributed by atoms with E-state index in [4.69, 9.17) is 0 Å². The van der Waals surface area contributed by atoms with E-state index < -0.39 is 0 Å². The molecule has 0 bridgehead atoms. The molecular weight excluding hydrogens is 369 g/mol. The minimum Gasteiger partial charge on any atom is -0.350 e. The third kappa shape index (κ3) is 3.33. The lowest BCUT2D eigenvalue weighted by atomic mass is 10.0. The summed E-state index contributed by atoms with van der Waals surface area (Å²) >= 11 is 0. The van der Waals surface area contributed by atoms with Gasteiger partial charge in [-0.15, -0.1) is 0 Å². The second-order valence-corrected chi connectivity index (χ2v) is 8.31. The summed E-state index contributed by atoms with van der Waals surface area (Å²) in [7, 11) is 2.14. The zero-order valence-corrected chi connectivity index (χ0v) is 16.9. The lowest BCUT2D eigenvalue weighted by molar-refractivity contribution is 0.0728. The number of hydrogen-bond donors (Lipinski definition) is 2. The van der Waals surface area contributed by atoms with Crippen molar-refractivity contribution in [2.75, 3.05) is 13.6 Å². The van der Waals surface area contributed by atoms with Crippen molar-refractivity contribution in [3.63, 3.8) is 0 Å². The standard InChI is InChI=1S/C22H26FN5O/c1-3-13-8-14(23)9-19-16(13)10-20(24-19)22(29)28-7-6-18-17(11-28)21(26-25-18)12-27(2)15-4-5-15/h8-10,15,24H,3-7,11-12H2,1-2H3,(H,25,26). The molecule has 1 aliphatic carbocycles. The molecule has 7 heteroatoms. The summed E-state index contributed by atoms with van der Waals surface area (Å²) in [6.07, 6.45) is 4.01. The van der Waals surface area contributed by atoms with E-state index in [-0.39, 0.29) is 11.7 Å². The number of rotatable bonds is 5. The quantitative estimate of drug-likeness (QED) is 0.696. The van der Waals surface area contributed by atoms with E-state index >= 15 is 0 Å². The molecule has 3 heterocycles. The Bertz CT molecular complexity index is 1080. The number of aromatic amines is 2. The summed E-state index contributed by atoms with van der Waals surface area (Å²) in [5, 5.41) is 8.62. The van der Waals surface area contributed by atoms with Gasteiger partial charge in [0.25, 0.3) is 5.91 Å². The fourth-order valence-corrected chi connectivity index (χ4v) is 4.39. The van der Waals surface area contributed by atoms with Crippen LogP contribution >= 0.6 is 0 Å². The highest BCUT2D eigenvalue weighted by Crippen LogP contribution is 2.29. The maximum Gasteiger partial charge on any atom is 0.270 e. The second kappa shape index (κ2) is 6.99. The molecule has 152 valence electrons. The predicted molar refractivity (Wildman–Crippen MR) is 109 cm³/mol. The van der Waals surface area contributed by atoms with E-state index in [0.717, 1.165) is 47.3 Å². The van der Waals surface area contributed by atoms with Gasteiger partial charge in [0, 0.05) is 54.3 Å². The average Bonchev–Trinajstić information content (AvgIpc) is 3.38. The van der Waals surface area contributed by atoms with Gasteiger partial charge in [0.15, 0.2) is 0 Å². The van der Waals surface area contributed by atoms with E-state index in [1.54, 1.807) is 6.07 Å². The Kier molecular flexibility index (Phi) is 4.42. The highest BCUT2D eigenvalue weighted by atomic mass is 19.1. The van der Waals surface area contributed by atoms with Crippen LogP contribution in [-0.2, 0) is 25.9 Å². The fraction of sp³-hybridized carbons (Fsp3) is 0.455. The SMILES string of the molecule is CCc1cc(F)cc2[nH]c(C(=O)N3CCc4[nH]nc(CN(C)C5CC5)c4C3)cc12. The van der Waals surface area contributed by atoms with Crippen molar-refractivity contribution >= 4 is 16.8 Å². The summed E-state index contributed by atoms with van der Waals surface area (Å²) in [4.78, 5) is 20.5. The summed E-state index contributed by atoms with van der Waals surface area (Å²) in [6.45, 7) is 4.01. The van der Waals surface area contributed by atoms with Crippen molar-refractivity contribution in [3.8, 4) is 0 Å². The van der Waals surface area contributed by atoms with Gasteiger partial charge in [0.05, 0.1) is 5.69 Å². The number of nitrogens with one attached hydrogen (secondary N) is 2. The molecule has 0 radical (unpaired) electrons. The van der Waals surface area contributed by atoms with Gasteiger partial charge < -0.3 is 9.88 Å². The first-order chi connectivity index (χ1) is 14.0. The monoisotopic (exact) mass is 395 g/mol. The van der Waals surface area contributed by atoms with Crippen molar-refractivity contribution in [1.82, 2.24) is 25.0 Å². The average molecular weight is 395 g/mol. The fourth-order valence-electron chi connectivity index (χ4n) is 4.39. The molecular formula is C22H26FN5O. The number of aryl methyl sites for hydroxylation is 1. The van der Waals surface area contributed by atoms with E-state index in [2.05, 4.69) is 27.1 Å². The van der Waals surface area contributed by atoms with Crippen LogP contribution in [0, 0.1) is 5.82 Å². The number of hydrogen-bond acceptors (Lipinski definition) is 3. The van der Waals surface area contributed by atoms with Crippen molar-refractivity contribution in [2.24, 2.45) is 0 Å². The molecule has 5 rings (SSSR count). The van der Waals surface area contributed by atoms with E-state index in [0.29, 0.717) is 30.3 Å². The van der Waals surface area contributed by atoms with Crippen LogP contribution in [0.4, 0.5) is 4.39 Å². The van der Waals surface area contributed by atoms with Crippen molar-refractivity contribution < 1.29 is 9.18 Å². The van der Waals surface area contributed by atoms with Crippen LogP contribution in [0.15, 0.2) is 18.2 Å². The number of amides is 1. The zero-order valence-electron chi connectivity index (χ0n) is 16.9. The second-order valence-electron chi connectivity index (χ2n) is 8.31. The highest BCUT2D eigenvalue weighted by molar-refractivity contribution is 5.99. The number of fused-ring (bicyclic) bond motifs is 2. The Morgan fingerprint density at radius 2 is 2.17 bits per heavy atom. The first kappa shape index (κ1) is 18.4. The first-order valence-corrected chi connectivity index (χ1v) is 10.4. The molecule has 29 heavy (non-hydrogen) atoms. The smallest absolute Gasteiger partial charge is 0.270 e. The molecule has 1 aromatic carbocycles. The molecule has 2 aromatic heterocycles. The summed E-state index contributed by atoms with van der Waals surface area (Å²) < 4.78 is 13.9. The minimum atomic E-state index is -0.277. The third-order valence-electron chi connectivity index (χ3n) is 6.28. The Hall–Kier alpha value is -2.67. The first-order valence-electron chi connectivity index (χ1n) is 10.4. The van der Waals surface area contributed by atoms with Gasteiger partial charge in [0.2, 0.25) is 0 Å². The number of H-pyrrole nitrogens is 2. The van der Waals surface area contributed by atoms with Crippen LogP contribution in [0.3, 0.4) is 0 Å². The normalized spacial score (nSPS) is 16.6. The van der Waals surface area contributed by atoms with Crippen LogP contribution in [0.5, 0.6) is 0 Å². The molecule has 0 atom stereocenters. The topological polar surface area (TPSA) is 68.0 Å². The number of benzene rings is 1. The lowest BCUT2D eigenvalue weighted by Gasteiger charge is -2.27. The molecule has 0 unspecified atom stereocenters. The number of carbonyl (C=O) groups excluding carboxylic acids is 1. The van der Waals surface area contributed by atoms with Gasteiger partial charge in [-0.2, -0.15) is 5.10 Å². The maximum absolute atomic E-state index is 13.9. The van der Waals surface area contributed by atoms with Crippen molar-refractivity contribution in [1.29, 1.82) is 0 Å². The van der Waals surface area contributed by atoms with Crippen molar-refractivity contribution in [3.05, 3.63) is 52.2 Å². The molecule has 0 spiro atoms. The van der Waals surface area contributed by atoms with E-state index in [1.807, 2.05) is 17.9 Å². The summed E-state index contributed by atoms with van der Waals surface area (Å²) in [5.41, 5.74) is 5.44. The van der Waals surface area contributed by atoms with Gasteiger partial charge in [-0.25, -0.2) is 4.39 Å². The molecule has 1 fully saturated rings. The number of carbonyl (C=O) groups is 1. The zero-order chi connectivity index (χ0) is 20.1. The Labute approximate surface area is 169 Å². The van der Waals surface area contributed by atoms with Gasteiger partial charge >= 0.3 is 0 Å². The minimum absolute atomic E-state index is 0.0444. The molecule has 3 aromatic rings. The molecule has 1 aliphatic heterocycles. The van der Waals surface area contributed by atoms with E-state index in [1.165, 1.54) is 18.9 Å². The Morgan fingerprint density at radius 1 is 1.34 bits per heavy atom. The largest absolute Gasteiger partial charge is 0.350 e. The van der Waals surface area contributed by atoms with Crippen LogP contribution < -0.4 is 0 Å². The van der Waals surface area contributed by atoms with Crippen molar-refractivity contribution in [2.45, 2.75) is 51.7 Å². The predicted octanol–water partition coefficient (Wildman–Crippen LogP) is 3.39. The van der Waals surface area contributed by atoms with Gasteiger partial charge in [-0.1, -0.05) is 6.92 Å². The summed E-state index contributed by atoms with van der Waals surface area (Å²) in [5.74, 6) is -0.322. The third-order valence-corrected chi connectivity index (χ3v) is 6.28. The van der Waals surface area contributed by atoms with Crippen LogP contribution in [-0.4, -0.2) is 50.5 Å². The van der Waals surface area contributed by atoms with Crippen LogP contribution in [0.2, 0.25) is 0 Å². The lowest BCUT2D eigenvalue weighted by Crippen LogP contribution is -2.36. The highest BCUT2D eigenvalue weighted by Gasteiger charge is 2.30. The van der Waals surface area contributed by atoms with Crippen LogP contribution in [0.25, 0.3) is 10.9 Å². The molecule has 0 saturated heterocycles. The maximum atomic E-state index is 13.9. The number of aromatic nitrogens is 3. The Balaban J connectivity index is 1.39. The van der Waals surface area contributed by atoms with Gasteiger partial charge in [-0.3, -0.25) is 14.8 Å². The Morgan fingerprint density at radius 3 is 2.93 bits per heavy atom. The molecule has 2 N–H and O–H groups in total. The van der Waals surface area contributed by atoms with Crippen LogP contribution in [0.1, 0.15) is 52.8 Å². The molecule has 6 nitrogen and oxygen atoms in total. The number of nitrogens with zero attached hydrogens (tertiary/aromatic N) is 3. The molecule has 1 amide bonds. The number of halogens is 1. The van der Waals surface area contributed by atoms with Gasteiger partial charge in [-0.05, 0) is 50.1 Å². The van der Waals surface area contributed by atoms with Gasteiger partial charge in [0.1, 0.15) is 11.5 Å². The molecule has 1 saturated carbocycles. The molecule has 2 aliphatic rings.